The van der Waals surface area contributed by atoms with Gasteiger partial charge in [-0.05, 0) is 43.9 Å². The summed E-state index contributed by atoms with van der Waals surface area (Å²) in [7, 11) is 0. The maximum absolute atomic E-state index is 12.5. The number of rotatable bonds is 6. The SMILES string of the molecule is Cc1ccccc1OCC1(O)CCN(C(=O)Cn2ccc(C3CC3)n2)C1. The highest BCUT2D eigenvalue weighted by Crippen LogP contribution is 2.38. The second-order valence-corrected chi connectivity index (χ2v) is 7.56. The molecule has 2 aromatic rings. The van der Waals surface area contributed by atoms with Gasteiger partial charge in [0.2, 0.25) is 5.91 Å². The fourth-order valence-corrected chi connectivity index (χ4v) is 3.42. The number of hydrogen-bond donors (Lipinski definition) is 1. The number of amides is 1. The Hall–Kier alpha value is -2.34. The highest BCUT2D eigenvalue weighted by Gasteiger charge is 2.39. The van der Waals surface area contributed by atoms with Crippen molar-refractivity contribution in [3.8, 4) is 5.75 Å². The van der Waals surface area contributed by atoms with Crippen molar-refractivity contribution in [3.63, 3.8) is 0 Å². The first-order valence-corrected chi connectivity index (χ1v) is 9.24. The molecule has 0 radical (unpaired) electrons. The van der Waals surface area contributed by atoms with Gasteiger partial charge in [0.25, 0.3) is 0 Å². The van der Waals surface area contributed by atoms with Gasteiger partial charge in [-0.1, -0.05) is 18.2 Å². The van der Waals surface area contributed by atoms with E-state index in [4.69, 9.17) is 4.74 Å². The van der Waals surface area contributed by atoms with Crippen LogP contribution in [0.5, 0.6) is 5.75 Å². The van der Waals surface area contributed by atoms with Crippen LogP contribution >= 0.6 is 0 Å². The molecule has 1 aliphatic carbocycles. The van der Waals surface area contributed by atoms with Crippen molar-refractivity contribution >= 4 is 5.91 Å². The van der Waals surface area contributed by atoms with Crippen molar-refractivity contribution in [2.24, 2.45) is 0 Å². The first kappa shape index (κ1) is 17.1. The molecule has 0 bridgehead atoms. The minimum atomic E-state index is -0.999. The molecule has 4 rings (SSSR count). The van der Waals surface area contributed by atoms with E-state index in [1.54, 1.807) is 9.58 Å². The third-order valence-electron chi connectivity index (χ3n) is 5.23. The lowest BCUT2D eigenvalue weighted by molar-refractivity contribution is -0.132. The Kier molecular flexibility index (Phi) is 4.44. The zero-order chi connectivity index (χ0) is 18.1. The summed E-state index contributed by atoms with van der Waals surface area (Å²) < 4.78 is 7.51. The zero-order valence-electron chi connectivity index (χ0n) is 15.1. The van der Waals surface area contributed by atoms with Crippen LogP contribution in [0.15, 0.2) is 36.5 Å². The van der Waals surface area contributed by atoms with Gasteiger partial charge in [-0.15, -0.1) is 0 Å². The quantitative estimate of drug-likeness (QED) is 0.862. The average Bonchev–Trinajstić information content (AvgIpc) is 3.25. The highest BCUT2D eigenvalue weighted by atomic mass is 16.5. The molecule has 0 spiro atoms. The van der Waals surface area contributed by atoms with Crippen LogP contribution in [0.3, 0.4) is 0 Å². The van der Waals surface area contributed by atoms with Crippen molar-refractivity contribution < 1.29 is 14.6 Å². The lowest BCUT2D eigenvalue weighted by Gasteiger charge is -2.24. The molecule has 1 aromatic carbocycles. The molecule has 1 aliphatic heterocycles. The van der Waals surface area contributed by atoms with Crippen LogP contribution in [-0.2, 0) is 11.3 Å². The standard InChI is InChI=1S/C20H25N3O3/c1-15-4-2-3-5-18(15)26-14-20(25)9-11-22(13-20)19(24)12-23-10-8-17(21-23)16-6-7-16/h2-5,8,10,16,25H,6-7,9,11-14H2,1H3. The highest BCUT2D eigenvalue weighted by molar-refractivity contribution is 5.76. The Morgan fingerprint density at radius 1 is 1.35 bits per heavy atom. The summed E-state index contributed by atoms with van der Waals surface area (Å²) in [6.45, 7) is 3.23. The summed E-state index contributed by atoms with van der Waals surface area (Å²) >= 11 is 0. The van der Waals surface area contributed by atoms with E-state index in [2.05, 4.69) is 5.10 Å². The van der Waals surface area contributed by atoms with E-state index >= 15 is 0 Å². The van der Waals surface area contributed by atoms with Crippen LogP contribution < -0.4 is 4.74 Å². The van der Waals surface area contributed by atoms with E-state index in [-0.39, 0.29) is 19.1 Å². The Morgan fingerprint density at radius 2 is 2.15 bits per heavy atom. The summed E-state index contributed by atoms with van der Waals surface area (Å²) in [6, 6.07) is 9.74. The van der Waals surface area contributed by atoms with Crippen LogP contribution in [0.4, 0.5) is 0 Å². The summed E-state index contributed by atoms with van der Waals surface area (Å²) in [4.78, 5) is 14.2. The molecular weight excluding hydrogens is 330 g/mol. The summed E-state index contributed by atoms with van der Waals surface area (Å²) in [5.74, 6) is 1.35. The van der Waals surface area contributed by atoms with Crippen LogP contribution in [0.2, 0.25) is 0 Å². The van der Waals surface area contributed by atoms with Gasteiger partial charge < -0.3 is 14.7 Å². The van der Waals surface area contributed by atoms with E-state index in [0.717, 1.165) is 17.0 Å². The van der Waals surface area contributed by atoms with Gasteiger partial charge in [0, 0.05) is 18.7 Å². The monoisotopic (exact) mass is 355 g/mol. The predicted octanol–water partition coefficient (Wildman–Crippen LogP) is 2.11. The number of aryl methyl sites for hydroxylation is 1. The fourth-order valence-electron chi connectivity index (χ4n) is 3.42. The van der Waals surface area contributed by atoms with E-state index in [1.165, 1.54) is 12.8 Å². The molecule has 1 saturated heterocycles. The van der Waals surface area contributed by atoms with Gasteiger partial charge in [0.15, 0.2) is 0 Å². The molecule has 2 aliphatic rings. The molecule has 2 fully saturated rings. The third-order valence-corrected chi connectivity index (χ3v) is 5.23. The number of para-hydroxylation sites is 1. The molecule has 1 N–H and O–H groups in total. The van der Waals surface area contributed by atoms with Gasteiger partial charge in [-0.25, -0.2) is 0 Å². The van der Waals surface area contributed by atoms with Crippen LogP contribution in [0.1, 0.15) is 36.4 Å². The van der Waals surface area contributed by atoms with Crippen molar-refractivity contribution in [1.82, 2.24) is 14.7 Å². The largest absolute Gasteiger partial charge is 0.490 e. The third kappa shape index (κ3) is 3.75. The molecule has 1 saturated carbocycles. The molecule has 1 aromatic heterocycles. The van der Waals surface area contributed by atoms with Gasteiger partial charge in [-0.3, -0.25) is 9.48 Å². The summed E-state index contributed by atoms with van der Waals surface area (Å²) in [6.07, 6.45) is 4.79. The first-order valence-electron chi connectivity index (χ1n) is 9.24. The van der Waals surface area contributed by atoms with Gasteiger partial charge in [0.1, 0.15) is 24.5 Å². The predicted molar refractivity (Wildman–Crippen MR) is 97.0 cm³/mol. The van der Waals surface area contributed by atoms with Crippen molar-refractivity contribution in [2.75, 3.05) is 19.7 Å². The molecule has 1 atom stereocenters. The molecule has 2 heterocycles. The van der Waals surface area contributed by atoms with E-state index in [9.17, 15) is 9.90 Å². The second kappa shape index (κ2) is 6.76. The number of benzene rings is 1. The lowest BCUT2D eigenvalue weighted by Crippen LogP contribution is -2.41. The first-order chi connectivity index (χ1) is 12.5. The maximum atomic E-state index is 12.5. The molecular formula is C20H25N3O3. The molecule has 1 unspecified atom stereocenters. The van der Waals surface area contributed by atoms with Crippen molar-refractivity contribution in [3.05, 3.63) is 47.8 Å². The number of likely N-dealkylation sites (tertiary alicyclic amines) is 1. The Balaban J connectivity index is 1.31. The van der Waals surface area contributed by atoms with Gasteiger partial charge >= 0.3 is 0 Å². The van der Waals surface area contributed by atoms with Crippen molar-refractivity contribution in [2.45, 2.75) is 44.2 Å². The summed E-state index contributed by atoms with van der Waals surface area (Å²) in [5.41, 5.74) is 1.12. The van der Waals surface area contributed by atoms with Crippen LogP contribution in [0, 0.1) is 6.92 Å². The number of nitrogens with zero attached hydrogens (tertiary/aromatic N) is 3. The fraction of sp³-hybridized carbons (Fsp3) is 0.500. The summed E-state index contributed by atoms with van der Waals surface area (Å²) in [5, 5.41) is 15.3. The van der Waals surface area contributed by atoms with E-state index in [0.29, 0.717) is 25.4 Å². The minimum Gasteiger partial charge on any atom is -0.490 e. The van der Waals surface area contributed by atoms with Crippen LogP contribution in [-0.4, -0.2) is 51.0 Å². The molecule has 6 heteroatoms. The average molecular weight is 355 g/mol. The Bertz CT molecular complexity index is 799. The number of aliphatic hydroxyl groups is 1. The van der Waals surface area contributed by atoms with Gasteiger partial charge in [0.05, 0.1) is 12.2 Å². The minimum absolute atomic E-state index is 0.0118. The smallest absolute Gasteiger partial charge is 0.244 e. The molecule has 26 heavy (non-hydrogen) atoms. The lowest BCUT2D eigenvalue weighted by atomic mass is 10.1. The number of hydrogen-bond acceptors (Lipinski definition) is 4. The normalized spacial score (nSPS) is 22.6. The molecule has 6 nitrogen and oxygen atoms in total. The Morgan fingerprint density at radius 3 is 2.92 bits per heavy atom. The molecule has 138 valence electrons. The number of carbonyl (C=O) groups excluding carboxylic acids is 1. The number of β-amino-alcohol motifs (C(OH)–C–C–N with tert-alkyl or cyclic N) is 1. The topological polar surface area (TPSA) is 67.6 Å². The molecule has 1 amide bonds. The van der Waals surface area contributed by atoms with E-state index in [1.807, 2.05) is 43.5 Å². The number of aromatic nitrogens is 2. The zero-order valence-corrected chi connectivity index (χ0v) is 15.1. The van der Waals surface area contributed by atoms with E-state index < -0.39 is 5.60 Å². The Labute approximate surface area is 153 Å². The van der Waals surface area contributed by atoms with Crippen LogP contribution in [0.25, 0.3) is 0 Å². The number of ether oxygens (including phenoxy) is 1. The number of carbonyl (C=O) groups is 1. The van der Waals surface area contributed by atoms with Crippen molar-refractivity contribution in [1.29, 1.82) is 0 Å². The van der Waals surface area contributed by atoms with Gasteiger partial charge in [-0.2, -0.15) is 5.10 Å². The second-order valence-electron chi connectivity index (χ2n) is 7.56. The maximum Gasteiger partial charge on any atom is 0.244 e.